The number of hydrogen-bond acceptors (Lipinski definition) is 14. The second-order valence-electron chi connectivity index (χ2n) is 27.5. The molecule has 0 aliphatic rings. The van der Waals surface area contributed by atoms with Crippen molar-refractivity contribution >= 4 is 33.6 Å². The monoisotopic (exact) mass is 1540 g/mol. The summed E-state index contributed by atoms with van der Waals surface area (Å²) in [5.41, 5.74) is 0. The molecule has 18 heteroatoms. The number of unbranched alkanes of at least 4 members (excludes halogenated alkanes) is 29. The van der Waals surface area contributed by atoms with Gasteiger partial charge < -0.3 is 34.2 Å². The van der Waals surface area contributed by atoms with Gasteiger partial charge in [-0.15, -0.1) is 0 Å². The standard InChI is InChI=1S/C89H150O16P2/c1-4-7-10-13-16-19-22-25-28-31-34-36-38-40-41-43-45-46-49-51-54-57-60-63-66-69-72-75-87(92)99-78-84(90)79-101-106(95,96)102-80-85(91)81-103-107(97,98)104-83-86(105-89(94)77-74-71-68-65-62-59-56-53-48-33-30-27-24-21-18-15-12-9-6-3)82-100-88(93)76-73-70-67-64-61-58-55-52-50-47-44-42-39-37-35-32-29-26-23-20-17-14-11-8-5-2/h8-9,11-12,16-21,25-30,34-37,40-42,44,48,53,84-86,90-91H,4-7,10,13-15,22-24,31-33,38-39,43,45-47,49-52,54-83H2,1-3H3,(H,95,96)(H,97,98)/b11-8-,12-9-,19-16-,20-17-,21-18-,28-25-,29-26-,30-27-,36-34-,37-35-,41-40-,44-42-,53-48-. The number of phosphoric acid groups is 2. The van der Waals surface area contributed by atoms with Crippen molar-refractivity contribution in [3.63, 3.8) is 0 Å². The van der Waals surface area contributed by atoms with Crippen LogP contribution in [0.15, 0.2) is 158 Å². The average molecular weight is 1540 g/mol. The van der Waals surface area contributed by atoms with Crippen LogP contribution in [0.4, 0.5) is 0 Å². The summed E-state index contributed by atoms with van der Waals surface area (Å²) in [6.45, 7) is 2.42. The Labute approximate surface area is 650 Å². The van der Waals surface area contributed by atoms with Crippen molar-refractivity contribution in [2.45, 2.75) is 347 Å². The number of carbonyl (C=O) groups excluding carboxylic acids is 3. The molecule has 107 heavy (non-hydrogen) atoms. The quantitative estimate of drug-likeness (QED) is 0.0146. The molecular weight excluding hydrogens is 1390 g/mol. The first-order chi connectivity index (χ1) is 52.2. The summed E-state index contributed by atoms with van der Waals surface area (Å²) in [6, 6.07) is 0. The number of ether oxygens (including phenoxy) is 3. The highest BCUT2D eigenvalue weighted by Gasteiger charge is 2.29. The van der Waals surface area contributed by atoms with Gasteiger partial charge in [-0.05, 0) is 148 Å². The lowest BCUT2D eigenvalue weighted by Crippen LogP contribution is -2.30. The zero-order valence-electron chi connectivity index (χ0n) is 67.0. The summed E-state index contributed by atoms with van der Waals surface area (Å²) in [5.74, 6) is -1.60. The van der Waals surface area contributed by atoms with E-state index < -0.39 is 91.5 Å². The zero-order chi connectivity index (χ0) is 78.0. The van der Waals surface area contributed by atoms with E-state index >= 15 is 0 Å². The first-order valence-corrected chi connectivity index (χ1v) is 44.8. The van der Waals surface area contributed by atoms with Crippen molar-refractivity contribution in [3.05, 3.63) is 158 Å². The van der Waals surface area contributed by atoms with E-state index in [-0.39, 0.29) is 19.3 Å². The summed E-state index contributed by atoms with van der Waals surface area (Å²) < 4.78 is 61.3. The molecular formula is C89H150O16P2. The smallest absolute Gasteiger partial charge is 0.463 e. The minimum Gasteiger partial charge on any atom is -0.463 e. The van der Waals surface area contributed by atoms with Crippen LogP contribution in [0.25, 0.3) is 0 Å². The Kier molecular flexibility index (Phi) is 77.0. The van der Waals surface area contributed by atoms with E-state index in [1.807, 2.05) is 0 Å². The number of esters is 3. The van der Waals surface area contributed by atoms with Gasteiger partial charge in [0.15, 0.2) is 6.10 Å². The highest BCUT2D eigenvalue weighted by Crippen LogP contribution is 2.45. The van der Waals surface area contributed by atoms with Gasteiger partial charge in [0.25, 0.3) is 0 Å². The van der Waals surface area contributed by atoms with E-state index in [1.54, 1.807) is 0 Å². The molecule has 0 heterocycles. The Balaban J connectivity index is 4.65. The fourth-order valence-electron chi connectivity index (χ4n) is 10.9. The minimum absolute atomic E-state index is 0.0821. The molecule has 0 rings (SSSR count). The number of carbonyl (C=O) groups is 3. The third-order valence-corrected chi connectivity index (χ3v) is 19.1. The van der Waals surface area contributed by atoms with Crippen LogP contribution >= 0.6 is 15.6 Å². The van der Waals surface area contributed by atoms with E-state index in [2.05, 4.69) is 179 Å². The molecule has 0 aliphatic carbocycles. The second kappa shape index (κ2) is 80.7. The first kappa shape index (κ1) is 102. The number of phosphoric ester groups is 2. The van der Waals surface area contributed by atoms with Gasteiger partial charge in [0.05, 0.1) is 26.4 Å². The predicted molar refractivity (Wildman–Crippen MR) is 445 cm³/mol. The van der Waals surface area contributed by atoms with Crippen LogP contribution in [0.5, 0.6) is 0 Å². The molecule has 0 aliphatic heterocycles. The van der Waals surface area contributed by atoms with Gasteiger partial charge in [0.2, 0.25) is 0 Å². The van der Waals surface area contributed by atoms with Gasteiger partial charge in [-0.3, -0.25) is 32.5 Å². The fraction of sp³-hybridized carbons (Fsp3) is 0.674. The summed E-state index contributed by atoms with van der Waals surface area (Å²) in [5, 5.41) is 20.7. The third-order valence-electron chi connectivity index (χ3n) is 17.2. The molecule has 0 amide bonds. The Morgan fingerprint density at radius 2 is 0.495 bits per heavy atom. The second-order valence-corrected chi connectivity index (χ2v) is 30.4. The maximum Gasteiger partial charge on any atom is 0.472 e. The Bertz CT molecular complexity index is 2580. The molecule has 5 unspecified atom stereocenters. The number of hydrogen-bond donors (Lipinski definition) is 4. The van der Waals surface area contributed by atoms with Gasteiger partial charge in [-0.1, -0.05) is 320 Å². The number of rotatable bonds is 78. The van der Waals surface area contributed by atoms with Gasteiger partial charge in [0.1, 0.15) is 25.4 Å². The van der Waals surface area contributed by atoms with Crippen molar-refractivity contribution in [2.75, 3.05) is 39.6 Å². The minimum atomic E-state index is -4.95. The molecule has 612 valence electrons. The maximum absolute atomic E-state index is 13.0. The van der Waals surface area contributed by atoms with Crippen molar-refractivity contribution in [1.29, 1.82) is 0 Å². The Morgan fingerprint density at radius 1 is 0.271 bits per heavy atom. The molecule has 5 atom stereocenters. The normalized spacial score (nSPS) is 14.7. The topological polar surface area (TPSA) is 231 Å². The summed E-state index contributed by atoms with van der Waals surface area (Å²) in [6.07, 6.45) is 101. The van der Waals surface area contributed by atoms with E-state index in [4.69, 9.17) is 32.3 Å². The van der Waals surface area contributed by atoms with Crippen LogP contribution in [0, 0.1) is 0 Å². The molecule has 0 aromatic rings. The SMILES string of the molecule is CC/C=C\C/C=C\C/C=C\C/C=C\C/C=C\CCCCCCCCCCCC(=O)OCC(COP(=O)(O)OCC(O)COP(=O)(O)OCC(O)COC(=O)CCCCCCCCCCCCC/C=C\C/C=C\C/C=C\C/C=C\CCCCC)OC(=O)CCCCCCCC/C=C\C/C=C\C/C=C\C/C=C\CC. The van der Waals surface area contributed by atoms with Crippen LogP contribution in [0.2, 0.25) is 0 Å². The molecule has 0 bridgehead atoms. The number of aliphatic hydroxyl groups excluding tert-OH is 2. The maximum atomic E-state index is 13.0. The Hall–Kier alpha value is -4.83. The average Bonchev–Trinajstić information content (AvgIpc) is 0.909. The lowest BCUT2D eigenvalue weighted by molar-refractivity contribution is -0.161. The van der Waals surface area contributed by atoms with E-state index in [0.717, 1.165) is 173 Å². The van der Waals surface area contributed by atoms with E-state index in [1.165, 1.54) is 96.3 Å². The van der Waals surface area contributed by atoms with Crippen molar-refractivity contribution < 1.29 is 75.8 Å². The zero-order valence-corrected chi connectivity index (χ0v) is 68.8. The highest BCUT2D eigenvalue weighted by molar-refractivity contribution is 7.47. The van der Waals surface area contributed by atoms with E-state index in [0.29, 0.717) is 19.3 Å². The van der Waals surface area contributed by atoms with Crippen molar-refractivity contribution in [3.8, 4) is 0 Å². The van der Waals surface area contributed by atoms with Crippen molar-refractivity contribution in [2.24, 2.45) is 0 Å². The van der Waals surface area contributed by atoms with Gasteiger partial charge in [-0.25, -0.2) is 9.13 Å². The lowest BCUT2D eigenvalue weighted by atomic mass is 10.0. The van der Waals surface area contributed by atoms with Crippen LogP contribution in [-0.4, -0.2) is 95.9 Å². The summed E-state index contributed by atoms with van der Waals surface area (Å²) >= 11 is 0. The first-order valence-electron chi connectivity index (χ1n) is 41.8. The predicted octanol–water partition coefficient (Wildman–Crippen LogP) is 25.0. The molecule has 0 aromatic carbocycles. The lowest BCUT2D eigenvalue weighted by Gasteiger charge is -2.21. The molecule has 0 aromatic heterocycles. The molecule has 0 saturated heterocycles. The molecule has 0 fully saturated rings. The van der Waals surface area contributed by atoms with Gasteiger partial charge in [0, 0.05) is 19.3 Å². The Morgan fingerprint density at radius 3 is 0.785 bits per heavy atom. The summed E-state index contributed by atoms with van der Waals surface area (Å²) in [4.78, 5) is 58.8. The number of allylic oxidation sites excluding steroid dienone is 26. The third kappa shape index (κ3) is 82.0. The molecule has 0 spiro atoms. The van der Waals surface area contributed by atoms with Crippen LogP contribution < -0.4 is 0 Å². The fourth-order valence-corrected chi connectivity index (χ4v) is 12.5. The molecule has 16 nitrogen and oxygen atoms in total. The summed E-state index contributed by atoms with van der Waals surface area (Å²) in [7, 11) is -9.81. The highest BCUT2D eigenvalue weighted by atomic mass is 31.2. The van der Waals surface area contributed by atoms with E-state index in [9.17, 15) is 43.5 Å². The molecule has 0 radical (unpaired) electrons. The van der Waals surface area contributed by atoms with Crippen LogP contribution in [-0.2, 0) is 55.8 Å². The van der Waals surface area contributed by atoms with Gasteiger partial charge >= 0.3 is 33.6 Å². The number of aliphatic hydroxyl groups is 2. The van der Waals surface area contributed by atoms with Gasteiger partial charge in [-0.2, -0.15) is 0 Å². The van der Waals surface area contributed by atoms with Crippen molar-refractivity contribution in [1.82, 2.24) is 0 Å². The van der Waals surface area contributed by atoms with Crippen LogP contribution in [0.1, 0.15) is 329 Å². The largest absolute Gasteiger partial charge is 0.472 e. The molecule has 4 N–H and O–H groups in total. The molecule has 0 saturated carbocycles. The van der Waals surface area contributed by atoms with Crippen LogP contribution in [0.3, 0.4) is 0 Å².